The first-order valence-corrected chi connectivity index (χ1v) is 5.99. The zero-order chi connectivity index (χ0) is 13.8. The van der Waals surface area contributed by atoms with Crippen molar-refractivity contribution in [1.82, 2.24) is 0 Å². The van der Waals surface area contributed by atoms with Crippen LogP contribution in [0.3, 0.4) is 0 Å². The molecule has 3 N–H and O–H groups in total. The minimum absolute atomic E-state index is 0.0245. The van der Waals surface area contributed by atoms with E-state index in [1.807, 2.05) is 0 Å². The SMILES string of the molecule is Cc1ccc(OCC(O)c2ccccc2N)cc1F. The standard InChI is InChI=1S/C15H16FNO2/c1-10-6-7-11(8-13(10)16)19-9-15(18)12-4-2-3-5-14(12)17/h2-8,15,18H,9,17H2,1H3. The number of nitrogens with two attached hydrogens (primary N) is 1. The van der Waals surface area contributed by atoms with Gasteiger partial charge in [0.15, 0.2) is 0 Å². The molecule has 2 aromatic carbocycles. The maximum absolute atomic E-state index is 13.3. The van der Waals surface area contributed by atoms with Crippen LogP contribution in [-0.2, 0) is 0 Å². The second kappa shape index (κ2) is 5.71. The number of aliphatic hydroxyl groups is 1. The summed E-state index contributed by atoms with van der Waals surface area (Å²) < 4.78 is 18.7. The molecule has 0 aliphatic carbocycles. The van der Waals surface area contributed by atoms with E-state index in [9.17, 15) is 9.50 Å². The first-order chi connectivity index (χ1) is 9.08. The van der Waals surface area contributed by atoms with Gasteiger partial charge in [-0.15, -0.1) is 0 Å². The van der Waals surface area contributed by atoms with Gasteiger partial charge in [-0.3, -0.25) is 0 Å². The zero-order valence-electron chi connectivity index (χ0n) is 10.6. The maximum atomic E-state index is 13.3. The first kappa shape index (κ1) is 13.4. The Bertz CT molecular complexity index is 572. The van der Waals surface area contributed by atoms with E-state index < -0.39 is 6.10 Å². The number of rotatable bonds is 4. The van der Waals surface area contributed by atoms with Crippen molar-refractivity contribution >= 4 is 5.69 Å². The predicted molar refractivity (Wildman–Crippen MR) is 72.4 cm³/mol. The van der Waals surface area contributed by atoms with E-state index in [4.69, 9.17) is 10.5 Å². The molecule has 100 valence electrons. The van der Waals surface area contributed by atoms with Crippen LogP contribution in [0.4, 0.5) is 10.1 Å². The number of para-hydroxylation sites is 1. The summed E-state index contributed by atoms with van der Waals surface area (Å²) in [6, 6.07) is 11.6. The van der Waals surface area contributed by atoms with Crippen molar-refractivity contribution in [1.29, 1.82) is 0 Å². The summed E-state index contributed by atoms with van der Waals surface area (Å²) in [6.45, 7) is 1.70. The number of hydrogen-bond acceptors (Lipinski definition) is 3. The summed E-state index contributed by atoms with van der Waals surface area (Å²) in [5, 5.41) is 9.99. The number of ether oxygens (including phenoxy) is 1. The molecule has 0 bridgehead atoms. The zero-order valence-corrected chi connectivity index (χ0v) is 10.6. The predicted octanol–water partition coefficient (Wildman–Crippen LogP) is 2.83. The van der Waals surface area contributed by atoms with Gasteiger partial charge in [0.25, 0.3) is 0 Å². The quantitative estimate of drug-likeness (QED) is 0.832. The van der Waals surface area contributed by atoms with Crippen LogP contribution in [0, 0.1) is 12.7 Å². The van der Waals surface area contributed by atoms with Gasteiger partial charge in [-0.05, 0) is 24.6 Å². The van der Waals surface area contributed by atoms with Crippen LogP contribution < -0.4 is 10.5 Å². The lowest BCUT2D eigenvalue weighted by molar-refractivity contribution is 0.108. The largest absolute Gasteiger partial charge is 0.490 e. The summed E-state index contributed by atoms with van der Waals surface area (Å²) in [5.74, 6) is 0.0582. The number of nitrogen functional groups attached to an aromatic ring is 1. The number of hydrogen-bond donors (Lipinski definition) is 2. The molecule has 1 atom stereocenters. The minimum atomic E-state index is -0.842. The van der Waals surface area contributed by atoms with Crippen LogP contribution >= 0.6 is 0 Å². The van der Waals surface area contributed by atoms with Crippen molar-refractivity contribution in [2.24, 2.45) is 0 Å². The second-order valence-electron chi connectivity index (χ2n) is 4.37. The molecule has 0 radical (unpaired) electrons. The van der Waals surface area contributed by atoms with Crippen LogP contribution in [0.1, 0.15) is 17.2 Å². The molecule has 0 heterocycles. The third kappa shape index (κ3) is 3.23. The molecule has 0 aliphatic heterocycles. The third-order valence-corrected chi connectivity index (χ3v) is 2.91. The highest BCUT2D eigenvalue weighted by Crippen LogP contribution is 2.22. The van der Waals surface area contributed by atoms with Crippen LogP contribution in [0.2, 0.25) is 0 Å². The number of anilines is 1. The highest BCUT2D eigenvalue weighted by molar-refractivity contribution is 5.47. The van der Waals surface area contributed by atoms with Gasteiger partial charge >= 0.3 is 0 Å². The van der Waals surface area contributed by atoms with E-state index in [1.54, 1.807) is 43.3 Å². The third-order valence-electron chi connectivity index (χ3n) is 2.91. The molecular weight excluding hydrogens is 245 g/mol. The lowest BCUT2D eigenvalue weighted by atomic mass is 10.1. The van der Waals surface area contributed by atoms with E-state index in [0.717, 1.165) is 0 Å². The van der Waals surface area contributed by atoms with E-state index >= 15 is 0 Å². The summed E-state index contributed by atoms with van der Waals surface area (Å²) in [7, 11) is 0. The lowest BCUT2D eigenvalue weighted by Gasteiger charge is -2.14. The number of aryl methyl sites for hydroxylation is 1. The molecular formula is C15H16FNO2. The van der Waals surface area contributed by atoms with E-state index in [0.29, 0.717) is 22.6 Å². The Labute approximate surface area is 111 Å². The lowest BCUT2D eigenvalue weighted by Crippen LogP contribution is -2.11. The van der Waals surface area contributed by atoms with E-state index in [2.05, 4.69) is 0 Å². The van der Waals surface area contributed by atoms with Crippen molar-refractivity contribution in [2.45, 2.75) is 13.0 Å². The molecule has 0 saturated heterocycles. The van der Waals surface area contributed by atoms with Gasteiger partial charge in [0.05, 0.1) is 0 Å². The molecule has 0 aromatic heterocycles. The average molecular weight is 261 g/mol. The van der Waals surface area contributed by atoms with Gasteiger partial charge in [0, 0.05) is 17.3 Å². The molecule has 3 nitrogen and oxygen atoms in total. The van der Waals surface area contributed by atoms with Crippen molar-refractivity contribution in [2.75, 3.05) is 12.3 Å². The maximum Gasteiger partial charge on any atom is 0.129 e. The fraction of sp³-hybridized carbons (Fsp3) is 0.200. The molecule has 0 fully saturated rings. The number of halogens is 1. The Morgan fingerprint density at radius 2 is 2.00 bits per heavy atom. The summed E-state index contributed by atoms with van der Waals surface area (Å²) >= 11 is 0. The summed E-state index contributed by atoms with van der Waals surface area (Å²) in [4.78, 5) is 0. The Hall–Kier alpha value is -2.07. The molecule has 4 heteroatoms. The highest BCUT2D eigenvalue weighted by atomic mass is 19.1. The van der Waals surface area contributed by atoms with E-state index in [-0.39, 0.29) is 12.4 Å². The van der Waals surface area contributed by atoms with Crippen molar-refractivity contribution in [3.05, 3.63) is 59.4 Å². The van der Waals surface area contributed by atoms with Gasteiger partial charge in [-0.2, -0.15) is 0 Å². The number of benzene rings is 2. The van der Waals surface area contributed by atoms with Gasteiger partial charge in [-0.1, -0.05) is 24.3 Å². The van der Waals surface area contributed by atoms with Crippen LogP contribution in [-0.4, -0.2) is 11.7 Å². The average Bonchev–Trinajstić information content (AvgIpc) is 2.40. The normalized spacial score (nSPS) is 12.2. The second-order valence-corrected chi connectivity index (χ2v) is 4.37. The monoisotopic (exact) mass is 261 g/mol. The Morgan fingerprint density at radius 3 is 2.68 bits per heavy atom. The molecule has 0 spiro atoms. The van der Waals surface area contributed by atoms with Gasteiger partial charge < -0.3 is 15.6 Å². The Kier molecular flexibility index (Phi) is 4.02. The highest BCUT2D eigenvalue weighted by Gasteiger charge is 2.11. The Morgan fingerprint density at radius 1 is 1.26 bits per heavy atom. The molecule has 0 saturated carbocycles. The molecule has 2 aromatic rings. The Balaban J connectivity index is 2.02. The van der Waals surface area contributed by atoms with Gasteiger partial charge in [0.1, 0.15) is 24.3 Å². The fourth-order valence-corrected chi connectivity index (χ4v) is 1.74. The minimum Gasteiger partial charge on any atom is -0.490 e. The smallest absolute Gasteiger partial charge is 0.129 e. The first-order valence-electron chi connectivity index (χ1n) is 5.99. The topological polar surface area (TPSA) is 55.5 Å². The molecule has 2 rings (SSSR count). The summed E-state index contributed by atoms with van der Waals surface area (Å²) in [6.07, 6.45) is -0.842. The van der Waals surface area contributed by atoms with Crippen molar-refractivity contribution < 1.29 is 14.2 Å². The molecule has 19 heavy (non-hydrogen) atoms. The van der Waals surface area contributed by atoms with Crippen LogP contribution in [0.5, 0.6) is 5.75 Å². The fourth-order valence-electron chi connectivity index (χ4n) is 1.74. The summed E-state index contributed by atoms with van der Waals surface area (Å²) in [5.41, 5.74) is 7.43. The molecule has 1 unspecified atom stereocenters. The number of aliphatic hydroxyl groups excluding tert-OH is 1. The van der Waals surface area contributed by atoms with Crippen LogP contribution in [0.15, 0.2) is 42.5 Å². The van der Waals surface area contributed by atoms with E-state index in [1.165, 1.54) is 6.07 Å². The molecule has 0 amide bonds. The molecule has 0 aliphatic rings. The van der Waals surface area contributed by atoms with Crippen molar-refractivity contribution in [3.63, 3.8) is 0 Å². The van der Waals surface area contributed by atoms with Gasteiger partial charge in [-0.25, -0.2) is 4.39 Å². The van der Waals surface area contributed by atoms with Crippen LogP contribution in [0.25, 0.3) is 0 Å². The van der Waals surface area contributed by atoms with Crippen molar-refractivity contribution in [3.8, 4) is 5.75 Å². The van der Waals surface area contributed by atoms with Gasteiger partial charge in [0.2, 0.25) is 0 Å².